The molecule has 0 aliphatic heterocycles. The van der Waals surface area contributed by atoms with E-state index in [9.17, 15) is 18.0 Å². The third-order valence-corrected chi connectivity index (χ3v) is 5.00. The van der Waals surface area contributed by atoms with Crippen LogP contribution >= 0.6 is 0 Å². The minimum Gasteiger partial charge on any atom is -0.338 e. The molecular weight excluding hydrogens is 380 g/mol. The van der Waals surface area contributed by atoms with E-state index < -0.39 is 15.9 Å². The molecule has 2 aromatic carbocycles. The maximum atomic E-state index is 12.4. The summed E-state index contributed by atoms with van der Waals surface area (Å²) in [6, 6.07) is 11.9. The van der Waals surface area contributed by atoms with Gasteiger partial charge in [0.1, 0.15) is 0 Å². The van der Waals surface area contributed by atoms with Gasteiger partial charge in [0.2, 0.25) is 10.0 Å². The van der Waals surface area contributed by atoms with E-state index in [0.29, 0.717) is 23.5 Å². The second-order valence-electron chi connectivity index (χ2n) is 5.68. The molecule has 0 bridgehead atoms. The number of nitrogens with one attached hydrogen (secondary N) is 4. The lowest BCUT2D eigenvalue weighted by Gasteiger charge is -2.10. The van der Waals surface area contributed by atoms with Crippen LogP contribution in [0.2, 0.25) is 0 Å². The van der Waals surface area contributed by atoms with Gasteiger partial charge in [0.15, 0.2) is 0 Å². The third-order valence-electron chi connectivity index (χ3n) is 3.56. The van der Waals surface area contributed by atoms with Gasteiger partial charge in [-0.1, -0.05) is 12.1 Å². The van der Waals surface area contributed by atoms with Gasteiger partial charge in [-0.25, -0.2) is 17.9 Å². The fourth-order valence-corrected chi connectivity index (χ4v) is 3.25. The van der Waals surface area contributed by atoms with Crippen molar-refractivity contribution < 1.29 is 18.0 Å². The average Bonchev–Trinajstić information content (AvgIpc) is 2.67. The largest absolute Gasteiger partial charge is 0.338 e. The molecule has 2 rings (SSSR count). The van der Waals surface area contributed by atoms with Crippen LogP contribution in [0.3, 0.4) is 0 Å². The number of amides is 3. The zero-order valence-electron chi connectivity index (χ0n) is 15.4. The number of carbonyl (C=O) groups excluding carboxylic acids is 2. The highest BCUT2D eigenvalue weighted by atomic mass is 32.2. The Kier molecular flexibility index (Phi) is 7.30. The lowest BCUT2D eigenvalue weighted by Crippen LogP contribution is -2.28. The van der Waals surface area contributed by atoms with Crippen LogP contribution in [0, 0.1) is 0 Å². The first-order valence-electron chi connectivity index (χ1n) is 8.52. The van der Waals surface area contributed by atoms with Gasteiger partial charge in [0.25, 0.3) is 5.91 Å². The van der Waals surface area contributed by atoms with Crippen molar-refractivity contribution in [2.75, 3.05) is 23.7 Å². The van der Waals surface area contributed by atoms with Crippen LogP contribution in [0.15, 0.2) is 66.1 Å². The molecule has 0 aromatic heterocycles. The van der Waals surface area contributed by atoms with Crippen molar-refractivity contribution in [3.8, 4) is 0 Å². The van der Waals surface area contributed by atoms with Gasteiger partial charge in [-0.2, -0.15) is 0 Å². The smallest absolute Gasteiger partial charge is 0.319 e. The molecule has 9 heteroatoms. The molecule has 0 heterocycles. The lowest BCUT2D eigenvalue weighted by molar-refractivity contribution is 0.102. The standard InChI is InChI=1S/C19H22N4O4S/c1-3-12-21-28(26,27)17-10-8-14(9-11-17)18(24)22-15-6-5-7-16(13-15)23-19(25)20-4-2/h3,5-11,13,21H,1,4,12H2,2H3,(H,22,24)(H2,20,23,25). The van der Waals surface area contributed by atoms with Crippen molar-refractivity contribution in [3.05, 3.63) is 66.7 Å². The van der Waals surface area contributed by atoms with Crippen molar-refractivity contribution in [1.82, 2.24) is 10.0 Å². The predicted molar refractivity (Wildman–Crippen MR) is 109 cm³/mol. The first-order chi connectivity index (χ1) is 13.4. The molecule has 0 radical (unpaired) electrons. The number of anilines is 2. The Bertz CT molecular complexity index is 956. The van der Waals surface area contributed by atoms with E-state index >= 15 is 0 Å². The van der Waals surface area contributed by atoms with Crippen molar-refractivity contribution in [1.29, 1.82) is 0 Å². The van der Waals surface area contributed by atoms with Crippen LogP contribution in [0.5, 0.6) is 0 Å². The highest BCUT2D eigenvalue weighted by Crippen LogP contribution is 2.17. The van der Waals surface area contributed by atoms with Crippen LogP contribution in [0.4, 0.5) is 16.2 Å². The average molecular weight is 402 g/mol. The second-order valence-corrected chi connectivity index (χ2v) is 7.45. The number of hydrogen-bond acceptors (Lipinski definition) is 4. The molecule has 28 heavy (non-hydrogen) atoms. The van der Waals surface area contributed by atoms with Gasteiger partial charge in [0, 0.05) is 30.0 Å². The molecule has 0 atom stereocenters. The van der Waals surface area contributed by atoms with E-state index in [-0.39, 0.29) is 17.5 Å². The summed E-state index contributed by atoms with van der Waals surface area (Å²) in [4.78, 5) is 24.0. The summed E-state index contributed by atoms with van der Waals surface area (Å²) in [7, 11) is -3.64. The summed E-state index contributed by atoms with van der Waals surface area (Å²) in [5.41, 5.74) is 1.31. The van der Waals surface area contributed by atoms with E-state index in [4.69, 9.17) is 0 Å². The zero-order valence-corrected chi connectivity index (χ0v) is 16.2. The Morgan fingerprint density at radius 1 is 1.04 bits per heavy atom. The summed E-state index contributed by atoms with van der Waals surface area (Å²) < 4.78 is 26.4. The van der Waals surface area contributed by atoms with E-state index in [2.05, 4.69) is 27.3 Å². The molecule has 0 unspecified atom stereocenters. The molecular formula is C19H22N4O4S. The molecule has 3 amide bonds. The first kappa shape index (κ1) is 21.1. The molecule has 0 spiro atoms. The molecule has 0 aliphatic rings. The Morgan fingerprint density at radius 3 is 2.29 bits per heavy atom. The van der Waals surface area contributed by atoms with E-state index in [1.54, 1.807) is 24.3 Å². The number of rotatable bonds is 8. The first-order valence-corrected chi connectivity index (χ1v) is 10.0. The van der Waals surface area contributed by atoms with Gasteiger partial charge in [0.05, 0.1) is 4.90 Å². The SMILES string of the molecule is C=CCNS(=O)(=O)c1ccc(C(=O)Nc2cccc(NC(=O)NCC)c2)cc1. The number of carbonyl (C=O) groups is 2. The molecule has 0 fully saturated rings. The Morgan fingerprint density at radius 2 is 1.68 bits per heavy atom. The molecule has 4 N–H and O–H groups in total. The van der Waals surface area contributed by atoms with Gasteiger partial charge < -0.3 is 16.0 Å². The summed E-state index contributed by atoms with van der Waals surface area (Å²) >= 11 is 0. The van der Waals surface area contributed by atoms with Crippen LogP contribution in [0.25, 0.3) is 0 Å². The minimum atomic E-state index is -3.64. The van der Waals surface area contributed by atoms with Crippen molar-refractivity contribution >= 4 is 33.3 Å². The number of hydrogen-bond donors (Lipinski definition) is 4. The van der Waals surface area contributed by atoms with E-state index in [0.717, 1.165) is 0 Å². The maximum absolute atomic E-state index is 12.4. The lowest BCUT2D eigenvalue weighted by atomic mass is 10.2. The Hall–Kier alpha value is -3.17. The Labute approximate surface area is 164 Å². The summed E-state index contributed by atoms with van der Waals surface area (Å²) in [5.74, 6) is -0.404. The fraction of sp³-hybridized carbons (Fsp3) is 0.158. The molecule has 0 saturated carbocycles. The van der Waals surface area contributed by atoms with Crippen LogP contribution < -0.4 is 20.7 Å². The van der Waals surface area contributed by atoms with Crippen LogP contribution in [0.1, 0.15) is 17.3 Å². The molecule has 148 valence electrons. The topological polar surface area (TPSA) is 116 Å². The summed E-state index contributed by atoms with van der Waals surface area (Å²) in [6.45, 7) is 5.88. The summed E-state index contributed by atoms with van der Waals surface area (Å²) in [5, 5.41) is 7.98. The van der Waals surface area contributed by atoms with Crippen molar-refractivity contribution in [2.24, 2.45) is 0 Å². The van der Waals surface area contributed by atoms with E-state index in [1.807, 2.05) is 6.92 Å². The summed E-state index contributed by atoms with van der Waals surface area (Å²) in [6.07, 6.45) is 1.44. The van der Waals surface area contributed by atoms with Gasteiger partial charge in [-0.05, 0) is 49.4 Å². The minimum absolute atomic E-state index is 0.0547. The van der Waals surface area contributed by atoms with Gasteiger partial charge >= 0.3 is 6.03 Å². The highest BCUT2D eigenvalue weighted by molar-refractivity contribution is 7.89. The molecule has 2 aromatic rings. The normalized spacial score (nSPS) is 10.8. The van der Waals surface area contributed by atoms with Gasteiger partial charge in [-0.3, -0.25) is 4.79 Å². The maximum Gasteiger partial charge on any atom is 0.319 e. The van der Waals surface area contributed by atoms with Crippen LogP contribution in [-0.4, -0.2) is 33.4 Å². The number of benzene rings is 2. The van der Waals surface area contributed by atoms with Gasteiger partial charge in [-0.15, -0.1) is 6.58 Å². The Balaban J connectivity index is 2.07. The van der Waals surface area contributed by atoms with E-state index in [1.165, 1.54) is 30.3 Å². The van der Waals surface area contributed by atoms with Crippen molar-refractivity contribution in [2.45, 2.75) is 11.8 Å². The zero-order chi connectivity index (χ0) is 20.6. The molecule has 0 aliphatic carbocycles. The van der Waals surface area contributed by atoms with Crippen molar-refractivity contribution in [3.63, 3.8) is 0 Å². The van der Waals surface area contributed by atoms with Crippen LogP contribution in [-0.2, 0) is 10.0 Å². The number of urea groups is 1. The monoisotopic (exact) mass is 402 g/mol. The second kappa shape index (κ2) is 9.67. The molecule has 8 nitrogen and oxygen atoms in total. The highest BCUT2D eigenvalue weighted by Gasteiger charge is 2.14. The third kappa shape index (κ3) is 5.93. The fourth-order valence-electron chi connectivity index (χ4n) is 2.25. The predicted octanol–water partition coefficient (Wildman–Crippen LogP) is 2.54. The number of sulfonamides is 1. The quantitative estimate of drug-likeness (QED) is 0.508. The molecule has 0 saturated heterocycles.